The minimum Gasteiger partial charge on any atom is -0.458 e. The molecule has 5 fully saturated rings. The van der Waals surface area contributed by atoms with Crippen molar-refractivity contribution in [3.05, 3.63) is 41.7 Å². The third kappa shape index (κ3) is 5.02. The van der Waals surface area contributed by atoms with Gasteiger partial charge in [0.2, 0.25) is 0 Å². The molecule has 0 unspecified atom stereocenters. The summed E-state index contributed by atoms with van der Waals surface area (Å²) < 4.78 is 17.5. The maximum Gasteiger partial charge on any atom is 0.331 e. The fraction of sp³-hybridized carbons (Fsp3) is 0.743. The number of aliphatic hydroxyl groups excluding tert-OH is 2. The zero-order chi connectivity index (χ0) is 31.6. The first kappa shape index (κ1) is 31.4. The van der Waals surface area contributed by atoms with Crippen molar-refractivity contribution >= 4 is 12.2 Å². The number of esters is 1. The van der Waals surface area contributed by atoms with Crippen LogP contribution in [0.5, 0.6) is 0 Å². The molecular weight excluding hydrogens is 576 g/mol. The van der Waals surface area contributed by atoms with Crippen molar-refractivity contribution in [1.82, 2.24) is 4.98 Å². The van der Waals surface area contributed by atoms with Crippen LogP contribution < -0.4 is 0 Å². The van der Waals surface area contributed by atoms with E-state index in [0.29, 0.717) is 51.7 Å². The van der Waals surface area contributed by atoms with E-state index >= 15 is 0 Å². The lowest BCUT2D eigenvalue weighted by atomic mass is 9.41. The van der Waals surface area contributed by atoms with Crippen LogP contribution in [0.1, 0.15) is 83.6 Å². The fourth-order valence-corrected chi connectivity index (χ4v) is 10.6. The van der Waals surface area contributed by atoms with Gasteiger partial charge in [0.25, 0.3) is 0 Å². The second-order valence-electron chi connectivity index (χ2n) is 15.0. The van der Waals surface area contributed by atoms with Gasteiger partial charge >= 0.3 is 5.97 Å². The summed E-state index contributed by atoms with van der Waals surface area (Å²) in [6.07, 6.45) is 10.2. The van der Waals surface area contributed by atoms with Crippen LogP contribution in [0.2, 0.25) is 0 Å². The van der Waals surface area contributed by atoms with Crippen LogP contribution in [0.15, 0.2) is 41.2 Å². The molecule has 0 aromatic carbocycles. The molecule has 4 saturated carbocycles. The number of ether oxygens (including phenoxy) is 3. The van der Waals surface area contributed by atoms with Gasteiger partial charge in [-0.3, -0.25) is 9.98 Å². The van der Waals surface area contributed by atoms with Crippen LogP contribution in [-0.2, 0) is 25.5 Å². The third-order valence-corrected chi connectivity index (χ3v) is 13.0. The van der Waals surface area contributed by atoms with E-state index in [-0.39, 0.29) is 41.7 Å². The van der Waals surface area contributed by atoms with Crippen molar-refractivity contribution in [3.63, 3.8) is 0 Å². The van der Waals surface area contributed by atoms with Crippen LogP contribution >= 0.6 is 0 Å². The summed E-state index contributed by atoms with van der Waals surface area (Å²) in [5.74, 6) is -0.171. The number of nitrogens with zero attached hydrogens (tertiary/aromatic N) is 2. The summed E-state index contributed by atoms with van der Waals surface area (Å²) in [7, 11) is 0. The highest BCUT2D eigenvalue weighted by atomic mass is 16.7. The summed E-state index contributed by atoms with van der Waals surface area (Å²) in [5.41, 5.74) is -1.03. The lowest BCUT2D eigenvalue weighted by Gasteiger charge is -2.66. The molecule has 1 aromatic heterocycles. The van der Waals surface area contributed by atoms with E-state index in [1.807, 2.05) is 24.5 Å². The number of fused-ring (bicyclic) bond motifs is 5. The first-order valence-electron chi connectivity index (χ1n) is 16.9. The summed E-state index contributed by atoms with van der Waals surface area (Å²) in [6, 6.07) is 3.90. The smallest absolute Gasteiger partial charge is 0.331 e. The number of hydrogen-bond donors (Lipinski definition) is 4. The molecule has 4 N–H and O–H groups in total. The molecule has 10 nitrogen and oxygen atoms in total. The van der Waals surface area contributed by atoms with Gasteiger partial charge in [-0.05, 0) is 93.2 Å². The Labute approximate surface area is 264 Å². The Kier molecular flexibility index (Phi) is 8.02. The van der Waals surface area contributed by atoms with Crippen molar-refractivity contribution in [2.45, 2.75) is 127 Å². The van der Waals surface area contributed by atoms with Crippen LogP contribution in [0.25, 0.3) is 0 Å². The summed E-state index contributed by atoms with van der Waals surface area (Å²) in [5, 5.41) is 45.9. The van der Waals surface area contributed by atoms with Gasteiger partial charge < -0.3 is 34.6 Å². The third-order valence-electron chi connectivity index (χ3n) is 13.0. The molecule has 12 atom stereocenters. The summed E-state index contributed by atoms with van der Waals surface area (Å²) in [6.45, 7) is 4.71. The maximum atomic E-state index is 12.7. The Morgan fingerprint density at radius 3 is 2.67 bits per heavy atom. The molecule has 2 aliphatic heterocycles. The quantitative estimate of drug-likeness (QED) is 0.212. The number of rotatable bonds is 6. The van der Waals surface area contributed by atoms with Crippen molar-refractivity contribution in [1.29, 1.82) is 0 Å². The molecule has 3 heterocycles. The van der Waals surface area contributed by atoms with Crippen molar-refractivity contribution in [2.75, 3.05) is 6.61 Å². The topological polar surface area (TPSA) is 151 Å². The van der Waals surface area contributed by atoms with Crippen LogP contribution in [0.3, 0.4) is 0 Å². The summed E-state index contributed by atoms with van der Waals surface area (Å²) >= 11 is 0. The molecule has 0 radical (unpaired) electrons. The van der Waals surface area contributed by atoms with Crippen molar-refractivity contribution < 1.29 is 39.4 Å². The Bertz CT molecular complexity index is 1330. The molecule has 1 aromatic rings. The average Bonchev–Trinajstić information content (AvgIpc) is 3.56. The average molecular weight is 625 g/mol. The first-order valence-corrected chi connectivity index (χ1v) is 16.9. The predicted molar refractivity (Wildman–Crippen MR) is 164 cm³/mol. The van der Waals surface area contributed by atoms with Gasteiger partial charge in [0.15, 0.2) is 6.29 Å². The van der Waals surface area contributed by atoms with E-state index in [9.17, 15) is 25.2 Å². The molecule has 6 aliphatic rings. The van der Waals surface area contributed by atoms with Crippen LogP contribution in [0, 0.1) is 28.6 Å². The van der Waals surface area contributed by atoms with Gasteiger partial charge in [0, 0.05) is 48.4 Å². The Morgan fingerprint density at radius 1 is 1.11 bits per heavy atom. The number of cyclic esters (lactones) is 1. The van der Waals surface area contributed by atoms with Crippen LogP contribution in [0.4, 0.5) is 0 Å². The Balaban J connectivity index is 1.17. The highest BCUT2D eigenvalue weighted by Crippen LogP contribution is 2.70. The molecule has 0 amide bonds. The predicted octanol–water partition coefficient (Wildman–Crippen LogP) is 3.25. The molecule has 10 heteroatoms. The highest BCUT2D eigenvalue weighted by Gasteiger charge is 2.71. The molecule has 4 aliphatic carbocycles. The zero-order valence-corrected chi connectivity index (χ0v) is 26.4. The normalized spacial score (nSPS) is 48.0. The molecule has 1 saturated heterocycles. The van der Waals surface area contributed by atoms with Gasteiger partial charge in [-0.15, -0.1) is 0 Å². The van der Waals surface area contributed by atoms with Crippen LogP contribution in [-0.4, -0.2) is 86.1 Å². The van der Waals surface area contributed by atoms with E-state index in [2.05, 4.69) is 11.9 Å². The fourth-order valence-electron chi connectivity index (χ4n) is 10.6. The molecule has 45 heavy (non-hydrogen) atoms. The van der Waals surface area contributed by atoms with Crippen molar-refractivity contribution in [2.24, 2.45) is 33.6 Å². The van der Waals surface area contributed by atoms with Gasteiger partial charge in [0.05, 0.1) is 36.1 Å². The molecule has 0 bridgehead atoms. The number of hydrogen-bond acceptors (Lipinski definition) is 10. The highest BCUT2D eigenvalue weighted by molar-refractivity contribution is 5.85. The molecular formula is C35H48N2O8. The Morgan fingerprint density at radius 2 is 1.93 bits per heavy atom. The van der Waals surface area contributed by atoms with E-state index in [4.69, 9.17) is 19.2 Å². The van der Waals surface area contributed by atoms with E-state index in [1.54, 1.807) is 19.2 Å². The van der Waals surface area contributed by atoms with Gasteiger partial charge in [-0.1, -0.05) is 13.0 Å². The van der Waals surface area contributed by atoms with E-state index in [0.717, 1.165) is 30.4 Å². The van der Waals surface area contributed by atoms with E-state index < -0.39 is 41.2 Å². The minimum absolute atomic E-state index is 0.0124. The summed E-state index contributed by atoms with van der Waals surface area (Å²) in [4.78, 5) is 21.2. The number of carbonyl (C=O) groups is 1. The number of aliphatic hydroxyl groups is 4. The monoisotopic (exact) mass is 624 g/mol. The SMILES string of the molecule is C[C@H]1O[C@@H](O[C@@H]2CC[C@@]3(C=NCc4cccnc4)[C@@H]4CC[C@@]5(C)[C@@H](C6=CC(=O)OC6)CC[C@]5(O)[C@@H]4CC[C@]3(O)C2)C[C@@H](O)[C@@H]1O. The second kappa shape index (κ2) is 11.5. The number of pyridine rings is 1. The molecule has 246 valence electrons. The first-order chi connectivity index (χ1) is 21.5. The standard InChI is InChI=1S/C35H48N2O8/c1-21-31(40)28(38)15-30(44-21)45-24-5-10-33(20-37-18-22-4-3-13-36-17-22)26-6-9-32(2)25(23-14-29(39)43-19-23)8-12-35(32,42)27(26)7-11-34(33,41)16-24/h3-4,13-14,17,20-21,24-28,30-31,38,40-42H,5-12,15-16,18-19H2,1-2H3/t21-,24-,25-,26-,27-,28-,30+,31-,32+,33-,34+,35+/m1/s1. The van der Waals surface area contributed by atoms with E-state index in [1.165, 1.54) is 0 Å². The second-order valence-corrected chi connectivity index (χ2v) is 15.0. The van der Waals surface area contributed by atoms with Gasteiger partial charge in [-0.2, -0.15) is 0 Å². The Hall–Kier alpha value is -2.21. The molecule has 0 spiro atoms. The van der Waals surface area contributed by atoms with Gasteiger partial charge in [-0.25, -0.2) is 4.79 Å². The largest absolute Gasteiger partial charge is 0.458 e. The lowest BCUT2D eigenvalue weighted by Crippen LogP contribution is -2.69. The minimum atomic E-state index is -1.09. The zero-order valence-electron chi connectivity index (χ0n) is 26.4. The van der Waals surface area contributed by atoms with Gasteiger partial charge in [0.1, 0.15) is 12.7 Å². The molecule has 7 rings (SSSR count). The lowest BCUT2D eigenvalue weighted by molar-refractivity contribution is -0.282. The number of aliphatic imine (C=N–C) groups is 1. The number of aromatic nitrogens is 1. The number of carbonyl (C=O) groups excluding carboxylic acids is 1. The maximum absolute atomic E-state index is 12.7. The van der Waals surface area contributed by atoms with Crippen molar-refractivity contribution in [3.8, 4) is 0 Å².